The minimum Gasteiger partial charge on any atom is -0.305 e. The van der Waals surface area contributed by atoms with Gasteiger partial charge in [-0.25, -0.2) is 0 Å². The van der Waals surface area contributed by atoms with Gasteiger partial charge in [0.1, 0.15) is 0 Å². The predicted molar refractivity (Wildman–Crippen MR) is 141 cm³/mol. The van der Waals surface area contributed by atoms with Gasteiger partial charge in [0.25, 0.3) is 0 Å². The molecular weight excluding hydrogens is 672 g/mol. The zero-order valence-corrected chi connectivity index (χ0v) is 23.6. The van der Waals surface area contributed by atoms with E-state index in [1.54, 1.807) is 6.20 Å². The van der Waals surface area contributed by atoms with Crippen LogP contribution in [0.1, 0.15) is 25.0 Å². The van der Waals surface area contributed by atoms with Crippen LogP contribution >= 0.6 is 0 Å². The first-order valence-electron chi connectivity index (χ1n) is 11.3. The fraction of sp³-hybridized carbons (Fsp3) is 0.0968. The molecule has 0 unspecified atom stereocenters. The molecule has 4 heteroatoms. The van der Waals surface area contributed by atoms with Crippen molar-refractivity contribution in [3.63, 3.8) is 0 Å². The van der Waals surface area contributed by atoms with Crippen molar-refractivity contribution in [1.82, 2.24) is 9.97 Å². The Bertz CT molecular complexity index is 1350. The second-order valence-electron chi connectivity index (χ2n) is 8.52. The Labute approximate surface area is 227 Å². The van der Waals surface area contributed by atoms with Crippen LogP contribution in [0.25, 0.3) is 22.5 Å². The van der Waals surface area contributed by atoms with E-state index in [2.05, 4.69) is 78.4 Å². The molecule has 0 bridgehead atoms. The van der Waals surface area contributed by atoms with Crippen LogP contribution in [0.15, 0.2) is 109 Å². The van der Waals surface area contributed by atoms with Crippen LogP contribution in [0.4, 0.5) is 0 Å². The summed E-state index contributed by atoms with van der Waals surface area (Å²) >= 11 is 0.298. The number of hydrogen-bond donors (Lipinski definition) is 0. The Hall–Kier alpha value is -2.87. The van der Waals surface area contributed by atoms with Crippen molar-refractivity contribution < 1.29 is 20.1 Å². The molecule has 3 heterocycles. The predicted octanol–water partition coefficient (Wildman–Crippen LogP) is 5.39. The van der Waals surface area contributed by atoms with Gasteiger partial charge in [0.05, 0.1) is 0 Å². The normalized spacial score (nSPS) is 12.7. The molecule has 1 aliphatic heterocycles. The molecule has 1 aliphatic rings. The average Bonchev–Trinajstić information content (AvgIpc) is 2.90. The van der Waals surface area contributed by atoms with Crippen molar-refractivity contribution in [2.45, 2.75) is 19.3 Å². The fourth-order valence-electron chi connectivity index (χ4n) is 4.19. The summed E-state index contributed by atoms with van der Waals surface area (Å²) in [6.45, 7) is 4.64. The Morgan fingerprint density at radius 1 is 0.657 bits per heavy atom. The molecule has 0 saturated carbocycles. The van der Waals surface area contributed by atoms with E-state index in [4.69, 9.17) is 0 Å². The van der Waals surface area contributed by atoms with E-state index >= 15 is 0 Å². The number of hydrogen-bond acceptors (Lipinski definition) is 2. The topological polar surface area (TPSA) is 25.8 Å². The van der Waals surface area contributed by atoms with Gasteiger partial charge in [-0.05, 0) is 11.8 Å². The number of fused-ring (bicyclic) bond motifs is 2. The van der Waals surface area contributed by atoms with Gasteiger partial charge in [0.2, 0.25) is 0 Å². The number of pyridine rings is 2. The molecule has 3 aromatic carbocycles. The van der Waals surface area contributed by atoms with E-state index in [9.17, 15) is 0 Å². The molecule has 175 valence electrons. The van der Waals surface area contributed by atoms with Crippen molar-refractivity contribution in [2.24, 2.45) is 0 Å². The van der Waals surface area contributed by atoms with Gasteiger partial charge in [-0.2, -0.15) is 0 Å². The minimum atomic E-state index is 0. The Kier molecular flexibility index (Phi) is 8.11. The minimum absolute atomic E-state index is 0. The van der Waals surface area contributed by atoms with E-state index in [0.717, 1.165) is 17.0 Å². The zero-order valence-electron chi connectivity index (χ0n) is 19.5. The van der Waals surface area contributed by atoms with Gasteiger partial charge in [-0.15, -0.1) is 35.9 Å². The first-order chi connectivity index (χ1) is 16.6. The monoisotopic (exact) mass is 697 g/mol. The maximum absolute atomic E-state index is 4.54. The van der Waals surface area contributed by atoms with Crippen molar-refractivity contribution in [2.75, 3.05) is 0 Å². The molecule has 0 fully saturated rings. The molecule has 0 aliphatic carbocycles. The summed E-state index contributed by atoms with van der Waals surface area (Å²) in [5, 5.41) is 0. The average molecular weight is 696 g/mol. The zero-order chi connectivity index (χ0) is 23.4. The van der Waals surface area contributed by atoms with Crippen LogP contribution < -0.4 is 8.92 Å². The van der Waals surface area contributed by atoms with Crippen molar-refractivity contribution in [3.8, 4) is 22.5 Å². The summed E-state index contributed by atoms with van der Waals surface area (Å²) in [7, 11) is 0. The quantitative estimate of drug-likeness (QED) is 0.183. The summed E-state index contributed by atoms with van der Waals surface area (Å²) in [6.07, 6.45) is 3.65. The van der Waals surface area contributed by atoms with E-state index in [1.807, 2.05) is 60.8 Å². The van der Waals surface area contributed by atoms with Gasteiger partial charge in [0.15, 0.2) is 0 Å². The third-order valence-electron chi connectivity index (χ3n) is 5.97. The van der Waals surface area contributed by atoms with E-state index < -0.39 is 0 Å². The van der Waals surface area contributed by atoms with Crippen LogP contribution in [0.3, 0.4) is 0 Å². The summed E-state index contributed by atoms with van der Waals surface area (Å²) in [5.74, 6) is 0. The molecule has 6 rings (SSSR count). The Morgan fingerprint density at radius 3 is 2.03 bits per heavy atom. The molecular formula is C31H24IrN2Se-2. The Morgan fingerprint density at radius 2 is 1.34 bits per heavy atom. The molecule has 0 spiro atoms. The van der Waals surface area contributed by atoms with Crippen molar-refractivity contribution >= 4 is 23.9 Å². The van der Waals surface area contributed by atoms with E-state index in [1.165, 1.54) is 25.6 Å². The SMILES string of the molecule is CC1(C)c2ccccc2[Se]c2c(-c3ccccn3)[c-]ccc21.[Ir].[c-]1ccccc1-c1ccccn1. The molecule has 0 saturated heterocycles. The standard InChI is InChI=1S/C20H16NSe.C11H8N.Ir/c1-20(2)15-9-3-4-12-18(15)22-19-14(8-7-10-16(19)20)17-11-5-6-13-21-17;1-2-6-10(7-3-1)11-8-4-5-9-12-11;/h3-7,9-13H,1-2H3;1-6,8-9H;/q2*-1;. The molecule has 35 heavy (non-hydrogen) atoms. The van der Waals surface area contributed by atoms with Crippen LogP contribution in [-0.4, -0.2) is 24.9 Å². The maximum atomic E-state index is 4.54. The molecule has 0 atom stereocenters. The van der Waals surface area contributed by atoms with Crippen LogP contribution in [0.5, 0.6) is 0 Å². The molecule has 2 nitrogen and oxygen atoms in total. The third-order valence-corrected chi connectivity index (χ3v) is 8.49. The van der Waals surface area contributed by atoms with Crippen molar-refractivity contribution in [3.05, 3.63) is 133 Å². The van der Waals surface area contributed by atoms with Gasteiger partial charge in [-0.3, -0.25) is 0 Å². The second-order valence-corrected chi connectivity index (χ2v) is 10.7. The van der Waals surface area contributed by atoms with Gasteiger partial charge in [-0.1, -0.05) is 12.1 Å². The summed E-state index contributed by atoms with van der Waals surface area (Å²) in [4.78, 5) is 8.76. The summed E-state index contributed by atoms with van der Waals surface area (Å²) < 4.78 is 2.90. The summed E-state index contributed by atoms with van der Waals surface area (Å²) in [6, 6.07) is 39.5. The smallest absolute Gasteiger partial charge is 0.0160 e. The molecule has 5 aromatic rings. The largest absolute Gasteiger partial charge is 0.305 e. The number of rotatable bonds is 2. The maximum Gasteiger partial charge on any atom is 0.0160 e. The number of aromatic nitrogens is 2. The molecule has 0 N–H and O–H groups in total. The van der Waals surface area contributed by atoms with Crippen LogP contribution in [0.2, 0.25) is 0 Å². The van der Waals surface area contributed by atoms with Crippen molar-refractivity contribution in [1.29, 1.82) is 0 Å². The van der Waals surface area contributed by atoms with Crippen LogP contribution in [-0.2, 0) is 25.5 Å². The van der Waals surface area contributed by atoms with Gasteiger partial charge >= 0.3 is 137 Å². The van der Waals surface area contributed by atoms with Crippen LogP contribution in [0, 0.1) is 12.1 Å². The summed E-state index contributed by atoms with van der Waals surface area (Å²) in [5.41, 5.74) is 7.12. The second kappa shape index (κ2) is 11.2. The van der Waals surface area contributed by atoms with E-state index in [-0.39, 0.29) is 25.5 Å². The Balaban J connectivity index is 0.000000189. The van der Waals surface area contributed by atoms with E-state index in [0.29, 0.717) is 15.0 Å². The molecule has 1 radical (unpaired) electrons. The first-order valence-corrected chi connectivity index (χ1v) is 13.0. The first kappa shape index (κ1) is 25.2. The van der Waals surface area contributed by atoms with Gasteiger partial charge < -0.3 is 4.98 Å². The molecule has 2 aromatic heterocycles. The fourth-order valence-corrected chi connectivity index (χ4v) is 7.33. The third kappa shape index (κ3) is 5.37. The number of nitrogens with zero attached hydrogens (tertiary/aromatic N) is 2. The van der Waals surface area contributed by atoms with Gasteiger partial charge in [0, 0.05) is 26.3 Å². The molecule has 0 amide bonds. The number of benzene rings is 3.